The second-order valence-corrected chi connectivity index (χ2v) is 5.91. The summed E-state index contributed by atoms with van der Waals surface area (Å²) in [4.78, 5) is 50.0. The molecule has 1 aliphatic rings. The number of cyclic esters (lactones) is 1. The van der Waals surface area contributed by atoms with Crippen molar-refractivity contribution >= 4 is 28.9 Å². The van der Waals surface area contributed by atoms with Gasteiger partial charge >= 0.3 is 12.1 Å². The van der Waals surface area contributed by atoms with Crippen LogP contribution in [0.25, 0.3) is 10.9 Å². The number of aromatic nitrogens is 1. The van der Waals surface area contributed by atoms with E-state index < -0.39 is 41.4 Å². The number of pyridine rings is 1. The number of carbonyl (C=O) groups excluding carboxylic acids is 2. The van der Waals surface area contributed by atoms with Gasteiger partial charge in [-0.25, -0.2) is 4.79 Å². The molecule has 4 N–H and O–H groups in total. The van der Waals surface area contributed by atoms with Crippen molar-refractivity contribution in [2.75, 3.05) is 32.8 Å². The largest absolute Gasteiger partial charge is 0.506 e. The van der Waals surface area contributed by atoms with Crippen LogP contribution in [-0.2, 0) is 9.53 Å². The Bertz CT molecular complexity index is 1000. The van der Waals surface area contributed by atoms with Crippen molar-refractivity contribution in [2.24, 2.45) is 0 Å². The van der Waals surface area contributed by atoms with E-state index in [9.17, 15) is 24.3 Å². The number of H-pyrrole nitrogens is 1. The lowest BCUT2D eigenvalue weighted by Crippen LogP contribution is -2.33. The Morgan fingerprint density at radius 1 is 1.32 bits per heavy atom. The third kappa shape index (κ3) is 3.98. The van der Waals surface area contributed by atoms with Gasteiger partial charge in [-0.2, -0.15) is 0 Å². The molecule has 1 saturated heterocycles. The Morgan fingerprint density at radius 3 is 2.79 bits per heavy atom. The topological polar surface area (TPSA) is 158 Å². The number of fused-ring (bicyclic) bond motifs is 1. The first kappa shape index (κ1) is 19.0. The third-order valence-electron chi connectivity index (χ3n) is 4.06. The van der Waals surface area contributed by atoms with Gasteiger partial charge in [0.15, 0.2) is 0 Å². The molecule has 0 bridgehead atoms. The fourth-order valence-corrected chi connectivity index (χ4v) is 2.71. The molecule has 0 spiro atoms. The van der Waals surface area contributed by atoms with Crippen molar-refractivity contribution in [3.63, 3.8) is 0 Å². The highest BCUT2D eigenvalue weighted by Crippen LogP contribution is 2.27. The van der Waals surface area contributed by atoms with E-state index in [1.165, 1.54) is 23.1 Å². The Balaban J connectivity index is 1.76. The first-order valence-corrected chi connectivity index (χ1v) is 8.30. The fraction of sp³-hybridized carbons (Fsp3) is 0.294. The number of benzene rings is 1. The molecule has 1 aromatic carbocycles. The minimum absolute atomic E-state index is 0.190. The first-order valence-electron chi connectivity index (χ1n) is 8.30. The molecule has 2 amide bonds. The van der Waals surface area contributed by atoms with Crippen LogP contribution in [0.15, 0.2) is 23.0 Å². The normalized spacial score (nSPS) is 13.4. The van der Waals surface area contributed by atoms with Gasteiger partial charge in [-0.15, -0.1) is 0 Å². The van der Waals surface area contributed by atoms with E-state index >= 15 is 0 Å². The summed E-state index contributed by atoms with van der Waals surface area (Å²) in [5.41, 5.74) is -1.21. The van der Waals surface area contributed by atoms with Gasteiger partial charge in [-0.05, 0) is 12.1 Å². The van der Waals surface area contributed by atoms with E-state index in [-0.39, 0.29) is 17.5 Å². The number of aromatic amines is 1. The smallest absolute Gasteiger partial charge is 0.410 e. The van der Waals surface area contributed by atoms with Gasteiger partial charge in [0, 0.05) is 11.5 Å². The van der Waals surface area contributed by atoms with Crippen molar-refractivity contribution in [1.82, 2.24) is 15.2 Å². The summed E-state index contributed by atoms with van der Waals surface area (Å²) in [7, 11) is 0. The van der Waals surface area contributed by atoms with E-state index in [0.717, 1.165) is 0 Å². The molecule has 0 aliphatic carbocycles. The molecule has 11 heteroatoms. The molecule has 1 aliphatic heterocycles. The summed E-state index contributed by atoms with van der Waals surface area (Å²) >= 11 is 0. The van der Waals surface area contributed by atoms with Crippen molar-refractivity contribution in [3.8, 4) is 11.5 Å². The molecule has 2 aromatic rings. The maximum atomic E-state index is 12.2. The molecule has 1 fully saturated rings. The zero-order valence-electron chi connectivity index (χ0n) is 14.6. The van der Waals surface area contributed by atoms with Crippen molar-refractivity contribution in [1.29, 1.82) is 0 Å². The molecule has 0 radical (unpaired) electrons. The summed E-state index contributed by atoms with van der Waals surface area (Å²) in [5.74, 6) is -2.46. The molecule has 148 valence electrons. The predicted octanol–water partition coefficient (Wildman–Crippen LogP) is -0.121. The number of carboxylic acids is 1. The minimum Gasteiger partial charge on any atom is -0.506 e. The average molecular weight is 391 g/mol. The summed E-state index contributed by atoms with van der Waals surface area (Å²) in [6.07, 6.45) is -0.398. The number of carbonyl (C=O) groups is 3. The predicted molar refractivity (Wildman–Crippen MR) is 94.6 cm³/mol. The van der Waals surface area contributed by atoms with Crippen LogP contribution in [0.5, 0.6) is 11.5 Å². The van der Waals surface area contributed by atoms with Gasteiger partial charge in [-0.1, -0.05) is 0 Å². The molecular formula is C17H17N3O8. The van der Waals surface area contributed by atoms with Gasteiger partial charge in [0.2, 0.25) is 0 Å². The number of hydrogen-bond donors (Lipinski definition) is 4. The number of amides is 2. The molecule has 3 rings (SSSR count). The molecular weight excluding hydrogens is 374 g/mol. The van der Waals surface area contributed by atoms with Crippen molar-refractivity contribution in [2.45, 2.75) is 0 Å². The molecule has 0 saturated carbocycles. The highest BCUT2D eigenvalue weighted by molar-refractivity contribution is 6.03. The number of nitrogens with zero attached hydrogens (tertiary/aromatic N) is 1. The number of aliphatic carboxylic acids is 1. The van der Waals surface area contributed by atoms with Crippen molar-refractivity contribution < 1.29 is 34.1 Å². The number of nitrogens with one attached hydrogen (secondary N) is 2. The Morgan fingerprint density at radius 2 is 2.11 bits per heavy atom. The lowest BCUT2D eigenvalue weighted by atomic mass is 10.1. The summed E-state index contributed by atoms with van der Waals surface area (Å²) in [5, 5.41) is 21.1. The number of hydrogen-bond acceptors (Lipinski definition) is 7. The van der Waals surface area contributed by atoms with Crippen LogP contribution in [0.3, 0.4) is 0 Å². The van der Waals surface area contributed by atoms with E-state index in [2.05, 4.69) is 4.98 Å². The monoisotopic (exact) mass is 391 g/mol. The van der Waals surface area contributed by atoms with Crippen LogP contribution >= 0.6 is 0 Å². The maximum absolute atomic E-state index is 12.2. The second kappa shape index (κ2) is 7.86. The second-order valence-electron chi connectivity index (χ2n) is 5.91. The van der Waals surface area contributed by atoms with Gasteiger partial charge in [0.1, 0.15) is 36.8 Å². The van der Waals surface area contributed by atoms with Gasteiger partial charge < -0.3 is 34.9 Å². The number of ether oxygens (including phenoxy) is 2. The van der Waals surface area contributed by atoms with Crippen LogP contribution in [0, 0.1) is 0 Å². The van der Waals surface area contributed by atoms with Crippen LogP contribution in [0.2, 0.25) is 0 Å². The average Bonchev–Trinajstić information content (AvgIpc) is 3.04. The van der Waals surface area contributed by atoms with Crippen LogP contribution < -0.4 is 15.6 Å². The van der Waals surface area contributed by atoms with Gasteiger partial charge in [-0.3, -0.25) is 14.4 Å². The highest BCUT2D eigenvalue weighted by Gasteiger charge is 2.22. The number of rotatable bonds is 7. The Labute approximate surface area is 157 Å². The standard InChI is InChI=1S/C17H17N3O8/c21-12(22)8-18-15(24)13-14(23)10-2-1-9(7-11(10)19-16(13)25)27-5-3-20-4-6-28-17(20)26/h1-2,7H,3-6,8H2,(H,18,24)(H,21,22)(H2,19,23,25). The lowest BCUT2D eigenvalue weighted by Gasteiger charge is -2.14. The molecule has 2 heterocycles. The van der Waals surface area contributed by atoms with Gasteiger partial charge in [0.05, 0.1) is 18.6 Å². The number of carboxylic acid groups (broad SMARTS) is 1. The van der Waals surface area contributed by atoms with E-state index in [4.69, 9.17) is 14.6 Å². The van der Waals surface area contributed by atoms with Crippen LogP contribution in [0.4, 0.5) is 4.79 Å². The molecule has 1 aromatic heterocycles. The SMILES string of the molecule is O=C(O)CNC(=O)c1c(O)c2ccc(OCCN3CCOC3=O)cc2[nH]c1=O. The zero-order valence-corrected chi connectivity index (χ0v) is 14.6. The molecule has 11 nitrogen and oxygen atoms in total. The highest BCUT2D eigenvalue weighted by atomic mass is 16.6. The van der Waals surface area contributed by atoms with Gasteiger partial charge in [0.25, 0.3) is 11.5 Å². The Kier molecular flexibility index (Phi) is 5.34. The summed E-state index contributed by atoms with van der Waals surface area (Å²) < 4.78 is 10.4. The minimum atomic E-state index is -1.28. The molecule has 0 atom stereocenters. The molecule has 0 unspecified atom stereocenters. The first-order chi connectivity index (χ1) is 13.4. The van der Waals surface area contributed by atoms with E-state index in [0.29, 0.717) is 25.4 Å². The summed E-state index contributed by atoms with van der Waals surface area (Å²) in [6.45, 7) is 0.687. The summed E-state index contributed by atoms with van der Waals surface area (Å²) in [6, 6.07) is 4.45. The maximum Gasteiger partial charge on any atom is 0.410 e. The molecule has 28 heavy (non-hydrogen) atoms. The number of aromatic hydroxyl groups is 1. The van der Waals surface area contributed by atoms with Crippen LogP contribution in [-0.4, -0.2) is 70.9 Å². The zero-order chi connectivity index (χ0) is 20.3. The Hall–Kier alpha value is -3.76. The quantitative estimate of drug-likeness (QED) is 0.508. The van der Waals surface area contributed by atoms with E-state index in [1.54, 1.807) is 0 Å². The van der Waals surface area contributed by atoms with Crippen LogP contribution in [0.1, 0.15) is 10.4 Å². The van der Waals surface area contributed by atoms with Crippen molar-refractivity contribution in [3.05, 3.63) is 34.1 Å². The fourth-order valence-electron chi connectivity index (χ4n) is 2.71. The third-order valence-corrected chi connectivity index (χ3v) is 4.06. The lowest BCUT2D eigenvalue weighted by molar-refractivity contribution is -0.135. The van der Waals surface area contributed by atoms with E-state index in [1.807, 2.05) is 5.32 Å².